The number of carboxylic acid groups (broad SMARTS) is 1. The van der Waals surface area contributed by atoms with Crippen molar-refractivity contribution in [1.29, 1.82) is 0 Å². The lowest BCUT2D eigenvalue weighted by Crippen LogP contribution is -2.12. The Morgan fingerprint density at radius 2 is 2.11 bits per heavy atom. The molecule has 5 heteroatoms. The Morgan fingerprint density at radius 3 is 2.68 bits per heavy atom. The molecule has 0 amide bonds. The summed E-state index contributed by atoms with van der Waals surface area (Å²) in [7, 11) is 0. The highest BCUT2D eigenvalue weighted by Crippen LogP contribution is 2.19. The number of aryl methyl sites for hydroxylation is 1. The summed E-state index contributed by atoms with van der Waals surface area (Å²) in [5.74, 6) is -0.908. The number of aromatic carboxylic acids is 1. The fourth-order valence-corrected chi connectivity index (χ4v) is 3.10. The van der Waals surface area contributed by atoms with Gasteiger partial charge in [0.05, 0.1) is 5.56 Å². The van der Waals surface area contributed by atoms with Gasteiger partial charge in [0.1, 0.15) is 0 Å². The number of rotatable bonds is 5. The Kier molecular flexibility index (Phi) is 4.74. The predicted molar refractivity (Wildman–Crippen MR) is 80.7 cm³/mol. The largest absolute Gasteiger partial charge is 0.478 e. The van der Waals surface area contributed by atoms with Crippen molar-refractivity contribution in [2.24, 2.45) is 0 Å². The summed E-state index contributed by atoms with van der Waals surface area (Å²) in [5.41, 5.74) is 1.35. The van der Waals surface area contributed by atoms with Crippen LogP contribution in [0.3, 0.4) is 0 Å². The van der Waals surface area contributed by atoms with Gasteiger partial charge in [0.2, 0.25) is 0 Å². The van der Waals surface area contributed by atoms with Crippen LogP contribution < -0.4 is 5.32 Å². The van der Waals surface area contributed by atoms with E-state index in [1.54, 1.807) is 23.5 Å². The maximum Gasteiger partial charge on any atom is 0.335 e. The van der Waals surface area contributed by atoms with E-state index >= 15 is 0 Å². The van der Waals surface area contributed by atoms with Crippen LogP contribution in [0, 0.1) is 6.92 Å². The number of carboxylic acids is 1. The van der Waals surface area contributed by atoms with E-state index < -0.39 is 5.97 Å². The van der Waals surface area contributed by atoms with Crippen LogP contribution in [0.25, 0.3) is 0 Å². The molecule has 2 aromatic rings. The molecule has 0 radical (unpaired) electrons. The minimum absolute atomic E-state index is 0.296. The second kappa shape index (κ2) is 6.32. The zero-order valence-corrected chi connectivity index (χ0v) is 12.8. The first-order valence-corrected chi connectivity index (χ1v) is 7.45. The Morgan fingerprint density at radius 1 is 1.32 bits per heavy atom. The van der Waals surface area contributed by atoms with Crippen molar-refractivity contribution in [3.05, 3.63) is 55.7 Å². The molecule has 1 heterocycles. The number of thiophene rings is 1. The molecule has 19 heavy (non-hydrogen) atoms. The summed E-state index contributed by atoms with van der Waals surface area (Å²) in [6.07, 6.45) is 0. The normalized spacial score (nSPS) is 10.6. The van der Waals surface area contributed by atoms with Gasteiger partial charge in [-0.3, -0.25) is 0 Å². The number of carbonyl (C=O) groups is 1. The van der Waals surface area contributed by atoms with Crippen molar-refractivity contribution in [2.75, 3.05) is 0 Å². The van der Waals surface area contributed by atoms with Crippen LogP contribution in [0.1, 0.15) is 25.7 Å². The van der Waals surface area contributed by atoms with Gasteiger partial charge in [-0.2, -0.15) is 0 Å². The zero-order chi connectivity index (χ0) is 13.8. The van der Waals surface area contributed by atoms with Gasteiger partial charge in [-0.05, 0) is 36.8 Å². The van der Waals surface area contributed by atoms with Crippen molar-refractivity contribution in [2.45, 2.75) is 20.0 Å². The average molecular weight is 340 g/mol. The molecule has 0 atom stereocenters. The van der Waals surface area contributed by atoms with E-state index in [0.717, 1.165) is 16.6 Å². The van der Waals surface area contributed by atoms with Gasteiger partial charge in [0.15, 0.2) is 0 Å². The van der Waals surface area contributed by atoms with Gasteiger partial charge >= 0.3 is 5.97 Å². The second-order valence-corrected chi connectivity index (χ2v) is 6.45. The Hall–Kier alpha value is -1.17. The fourth-order valence-electron chi connectivity index (χ4n) is 1.72. The van der Waals surface area contributed by atoms with Gasteiger partial charge < -0.3 is 10.4 Å². The molecule has 0 unspecified atom stereocenters. The third-order valence-corrected chi connectivity index (χ3v) is 4.45. The van der Waals surface area contributed by atoms with E-state index in [-0.39, 0.29) is 0 Å². The van der Waals surface area contributed by atoms with E-state index in [1.165, 1.54) is 9.75 Å². The minimum Gasteiger partial charge on any atom is -0.478 e. The van der Waals surface area contributed by atoms with Crippen LogP contribution in [0.4, 0.5) is 0 Å². The molecular formula is C14H14BrNO2S. The highest BCUT2D eigenvalue weighted by atomic mass is 79.9. The van der Waals surface area contributed by atoms with E-state index in [2.05, 4.69) is 40.3 Å². The topological polar surface area (TPSA) is 49.3 Å². The first kappa shape index (κ1) is 14.2. The summed E-state index contributed by atoms with van der Waals surface area (Å²) in [6, 6.07) is 9.32. The standard InChI is InChI=1S/C14H14BrNO2S/c1-9-2-5-12(19-9)8-16-7-11-4-3-10(14(17)18)6-13(11)15/h2-6,16H,7-8H2,1H3,(H,17,18). The van der Waals surface area contributed by atoms with E-state index in [0.29, 0.717) is 12.1 Å². The SMILES string of the molecule is Cc1ccc(CNCc2ccc(C(=O)O)cc2Br)s1. The van der Waals surface area contributed by atoms with Crippen molar-refractivity contribution in [3.63, 3.8) is 0 Å². The predicted octanol–water partition coefficient (Wildman–Crippen LogP) is 3.81. The van der Waals surface area contributed by atoms with Crippen molar-refractivity contribution >= 4 is 33.2 Å². The molecule has 1 aromatic heterocycles. The third-order valence-electron chi connectivity index (χ3n) is 2.71. The molecule has 0 spiro atoms. The number of halogens is 1. The molecule has 0 saturated heterocycles. The lowest BCUT2D eigenvalue weighted by atomic mass is 10.1. The molecule has 0 aliphatic rings. The summed E-state index contributed by atoms with van der Waals surface area (Å²) < 4.78 is 0.822. The maximum absolute atomic E-state index is 10.8. The molecule has 0 bridgehead atoms. The zero-order valence-electron chi connectivity index (χ0n) is 10.4. The van der Waals surface area contributed by atoms with E-state index in [4.69, 9.17) is 5.11 Å². The summed E-state index contributed by atoms with van der Waals surface area (Å²) in [5, 5.41) is 12.2. The second-order valence-electron chi connectivity index (χ2n) is 4.23. The molecular weight excluding hydrogens is 326 g/mol. The lowest BCUT2D eigenvalue weighted by molar-refractivity contribution is 0.0697. The first-order chi connectivity index (χ1) is 9.06. The average Bonchev–Trinajstić information content (AvgIpc) is 2.77. The molecule has 2 N–H and O–H groups in total. The van der Waals surface area contributed by atoms with Crippen molar-refractivity contribution < 1.29 is 9.90 Å². The monoisotopic (exact) mass is 339 g/mol. The Bertz CT molecular complexity index is 595. The van der Waals surface area contributed by atoms with Gasteiger partial charge in [0, 0.05) is 27.3 Å². The smallest absolute Gasteiger partial charge is 0.335 e. The third kappa shape index (κ3) is 3.89. The summed E-state index contributed by atoms with van der Waals surface area (Å²) in [4.78, 5) is 13.4. The van der Waals surface area contributed by atoms with Crippen LogP contribution in [-0.4, -0.2) is 11.1 Å². The number of hydrogen-bond acceptors (Lipinski definition) is 3. The van der Waals surface area contributed by atoms with Crippen LogP contribution in [0.15, 0.2) is 34.8 Å². The highest BCUT2D eigenvalue weighted by molar-refractivity contribution is 9.10. The fraction of sp³-hybridized carbons (Fsp3) is 0.214. The van der Waals surface area contributed by atoms with Crippen LogP contribution in [-0.2, 0) is 13.1 Å². The quantitative estimate of drug-likeness (QED) is 0.870. The van der Waals surface area contributed by atoms with Crippen LogP contribution in [0.5, 0.6) is 0 Å². The molecule has 0 fully saturated rings. The summed E-state index contributed by atoms with van der Waals surface area (Å²) >= 11 is 5.19. The molecule has 0 aliphatic carbocycles. The lowest BCUT2D eigenvalue weighted by Gasteiger charge is -2.07. The van der Waals surface area contributed by atoms with E-state index in [1.807, 2.05) is 6.07 Å². The van der Waals surface area contributed by atoms with Gasteiger partial charge in [-0.15, -0.1) is 11.3 Å². The Labute approximate surface area is 124 Å². The number of hydrogen-bond donors (Lipinski definition) is 2. The van der Waals surface area contributed by atoms with Crippen LogP contribution >= 0.6 is 27.3 Å². The van der Waals surface area contributed by atoms with Gasteiger partial charge in [0.25, 0.3) is 0 Å². The minimum atomic E-state index is -0.908. The molecule has 0 saturated carbocycles. The van der Waals surface area contributed by atoms with E-state index in [9.17, 15) is 4.79 Å². The van der Waals surface area contributed by atoms with Gasteiger partial charge in [-0.25, -0.2) is 4.79 Å². The molecule has 100 valence electrons. The van der Waals surface area contributed by atoms with Crippen molar-refractivity contribution in [3.8, 4) is 0 Å². The van der Waals surface area contributed by atoms with Gasteiger partial charge in [-0.1, -0.05) is 22.0 Å². The molecule has 3 nitrogen and oxygen atoms in total. The molecule has 2 rings (SSSR count). The molecule has 1 aromatic carbocycles. The van der Waals surface area contributed by atoms with Crippen molar-refractivity contribution in [1.82, 2.24) is 5.32 Å². The number of nitrogens with one attached hydrogen (secondary N) is 1. The number of benzene rings is 1. The van der Waals surface area contributed by atoms with Crippen LogP contribution in [0.2, 0.25) is 0 Å². The summed E-state index contributed by atoms with van der Waals surface area (Å²) in [6.45, 7) is 3.62. The highest BCUT2D eigenvalue weighted by Gasteiger charge is 2.06. The first-order valence-electron chi connectivity index (χ1n) is 5.84. The maximum atomic E-state index is 10.8. The molecule has 0 aliphatic heterocycles. The Balaban J connectivity index is 1.94.